The van der Waals surface area contributed by atoms with Gasteiger partial charge in [0.2, 0.25) is 0 Å². The number of rotatable bonds is 7. The topological polar surface area (TPSA) is 37.4 Å². The van der Waals surface area contributed by atoms with E-state index in [1.807, 2.05) is 12.3 Å². The number of hydrogen-bond donors (Lipinski definition) is 1. The van der Waals surface area contributed by atoms with Crippen molar-refractivity contribution in [2.75, 3.05) is 32.2 Å². The monoisotopic (exact) mass is 251 g/mol. The Hall–Kier alpha value is -1.13. The third kappa shape index (κ3) is 3.68. The van der Waals surface area contributed by atoms with Gasteiger partial charge in [0.1, 0.15) is 5.82 Å². The van der Waals surface area contributed by atoms with Crippen molar-refractivity contribution in [3.05, 3.63) is 23.9 Å². The molecule has 2 atom stereocenters. The van der Waals surface area contributed by atoms with Gasteiger partial charge in [0.15, 0.2) is 0 Å². The maximum absolute atomic E-state index is 5.21. The van der Waals surface area contributed by atoms with E-state index in [0.29, 0.717) is 18.7 Å². The number of aromatic nitrogens is 1. The molecule has 2 unspecified atom stereocenters. The SMILES string of the molecule is CCNC(C)c1cccnc1N(C)C(C)COC. The Morgan fingerprint density at radius 2 is 2.17 bits per heavy atom. The second kappa shape index (κ2) is 7.34. The van der Waals surface area contributed by atoms with Gasteiger partial charge >= 0.3 is 0 Å². The Morgan fingerprint density at radius 3 is 2.78 bits per heavy atom. The molecule has 0 radical (unpaired) electrons. The highest BCUT2D eigenvalue weighted by Gasteiger charge is 2.17. The summed E-state index contributed by atoms with van der Waals surface area (Å²) < 4.78 is 5.21. The molecule has 0 amide bonds. The second-order valence-electron chi connectivity index (χ2n) is 4.61. The van der Waals surface area contributed by atoms with Gasteiger partial charge in [-0.1, -0.05) is 13.0 Å². The van der Waals surface area contributed by atoms with Crippen LogP contribution in [0, 0.1) is 0 Å². The van der Waals surface area contributed by atoms with Crippen LogP contribution < -0.4 is 10.2 Å². The van der Waals surface area contributed by atoms with Gasteiger partial charge in [-0.25, -0.2) is 4.98 Å². The molecule has 0 aromatic carbocycles. The standard InChI is InChI=1S/C14H25N3O/c1-6-15-12(3)13-8-7-9-16-14(13)17(4)11(2)10-18-5/h7-9,11-12,15H,6,10H2,1-5H3. The molecule has 1 aromatic rings. The molecule has 1 rings (SSSR count). The van der Waals surface area contributed by atoms with Crippen LogP contribution in [0.3, 0.4) is 0 Å². The summed E-state index contributed by atoms with van der Waals surface area (Å²) in [6.07, 6.45) is 1.84. The molecule has 1 heterocycles. The summed E-state index contributed by atoms with van der Waals surface area (Å²) in [5, 5.41) is 3.43. The maximum Gasteiger partial charge on any atom is 0.133 e. The fourth-order valence-electron chi connectivity index (χ4n) is 2.02. The van der Waals surface area contributed by atoms with Crippen molar-refractivity contribution in [2.24, 2.45) is 0 Å². The van der Waals surface area contributed by atoms with Crippen LogP contribution in [0.4, 0.5) is 5.82 Å². The first kappa shape index (κ1) is 14.9. The first-order chi connectivity index (χ1) is 8.61. The summed E-state index contributed by atoms with van der Waals surface area (Å²) >= 11 is 0. The van der Waals surface area contributed by atoms with E-state index < -0.39 is 0 Å². The van der Waals surface area contributed by atoms with Crippen LogP contribution in [-0.4, -0.2) is 38.3 Å². The van der Waals surface area contributed by atoms with Gasteiger partial charge in [-0.05, 0) is 26.5 Å². The number of anilines is 1. The molecular weight excluding hydrogens is 226 g/mol. The van der Waals surface area contributed by atoms with Gasteiger partial charge in [-0.15, -0.1) is 0 Å². The van der Waals surface area contributed by atoms with Crippen LogP contribution >= 0.6 is 0 Å². The zero-order valence-electron chi connectivity index (χ0n) is 12.1. The van der Waals surface area contributed by atoms with E-state index in [-0.39, 0.29) is 0 Å². The molecule has 0 spiro atoms. The molecule has 18 heavy (non-hydrogen) atoms. The zero-order valence-corrected chi connectivity index (χ0v) is 12.1. The minimum Gasteiger partial charge on any atom is -0.383 e. The summed E-state index contributed by atoms with van der Waals surface area (Å²) in [5.74, 6) is 1.02. The molecule has 0 aliphatic heterocycles. The zero-order chi connectivity index (χ0) is 13.5. The molecule has 0 bridgehead atoms. The van der Waals surface area contributed by atoms with Crippen LogP contribution in [0.2, 0.25) is 0 Å². The van der Waals surface area contributed by atoms with Crippen molar-refractivity contribution in [3.8, 4) is 0 Å². The number of likely N-dealkylation sites (N-methyl/N-ethyl adjacent to an activating group) is 1. The van der Waals surface area contributed by atoms with Crippen molar-refractivity contribution in [1.82, 2.24) is 10.3 Å². The smallest absolute Gasteiger partial charge is 0.133 e. The molecule has 0 saturated heterocycles. The highest BCUT2D eigenvalue weighted by molar-refractivity contribution is 5.48. The van der Waals surface area contributed by atoms with E-state index in [9.17, 15) is 0 Å². The van der Waals surface area contributed by atoms with Crippen LogP contribution in [0.5, 0.6) is 0 Å². The van der Waals surface area contributed by atoms with E-state index in [1.54, 1.807) is 7.11 Å². The normalized spacial score (nSPS) is 14.3. The van der Waals surface area contributed by atoms with Crippen LogP contribution in [0.25, 0.3) is 0 Å². The summed E-state index contributed by atoms with van der Waals surface area (Å²) in [7, 11) is 3.79. The van der Waals surface area contributed by atoms with Crippen molar-refractivity contribution in [2.45, 2.75) is 32.9 Å². The predicted molar refractivity (Wildman–Crippen MR) is 76.1 cm³/mol. The van der Waals surface area contributed by atoms with Gasteiger partial charge in [-0.2, -0.15) is 0 Å². The van der Waals surface area contributed by atoms with E-state index in [4.69, 9.17) is 4.74 Å². The minimum absolute atomic E-state index is 0.302. The van der Waals surface area contributed by atoms with Crippen LogP contribution in [-0.2, 0) is 4.74 Å². The average molecular weight is 251 g/mol. The fourth-order valence-corrected chi connectivity index (χ4v) is 2.02. The van der Waals surface area contributed by atoms with Gasteiger partial charge in [0.05, 0.1) is 12.6 Å². The lowest BCUT2D eigenvalue weighted by molar-refractivity contribution is 0.183. The number of pyridine rings is 1. The number of ether oxygens (including phenoxy) is 1. The molecule has 0 saturated carbocycles. The first-order valence-electron chi connectivity index (χ1n) is 6.51. The van der Waals surface area contributed by atoms with Crippen molar-refractivity contribution in [3.63, 3.8) is 0 Å². The van der Waals surface area contributed by atoms with Crippen molar-refractivity contribution >= 4 is 5.82 Å². The van der Waals surface area contributed by atoms with Crippen LogP contribution in [0.1, 0.15) is 32.4 Å². The Balaban J connectivity index is 2.93. The maximum atomic E-state index is 5.21. The van der Waals surface area contributed by atoms with Crippen LogP contribution in [0.15, 0.2) is 18.3 Å². The quantitative estimate of drug-likeness (QED) is 0.806. The predicted octanol–water partition coefficient (Wildman–Crippen LogP) is 2.22. The molecule has 1 aromatic heterocycles. The molecule has 4 nitrogen and oxygen atoms in total. The Labute approximate surface area is 110 Å². The number of methoxy groups -OCH3 is 1. The lowest BCUT2D eigenvalue weighted by Crippen LogP contribution is -2.34. The Kier molecular flexibility index (Phi) is 6.09. The largest absolute Gasteiger partial charge is 0.383 e. The summed E-state index contributed by atoms with van der Waals surface area (Å²) in [6.45, 7) is 8.07. The lowest BCUT2D eigenvalue weighted by Gasteiger charge is -2.29. The summed E-state index contributed by atoms with van der Waals surface area (Å²) in [4.78, 5) is 6.69. The Morgan fingerprint density at radius 1 is 1.44 bits per heavy atom. The first-order valence-corrected chi connectivity index (χ1v) is 6.51. The molecule has 102 valence electrons. The summed E-state index contributed by atoms with van der Waals surface area (Å²) in [6, 6.07) is 4.72. The fraction of sp³-hybridized carbons (Fsp3) is 0.643. The van der Waals surface area contributed by atoms with E-state index in [2.05, 4.69) is 49.1 Å². The minimum atomic E-state index is 0.302. The van der Waals surface area contributed by atoms with Gasteiger partial charge in [-0.3, -0.25) is 0 Å². The Bertz CT molecular complexity index is 357. The van der Waals surface area contributed by atoms with Gasteiger partial charge in [0, 0.05) is 32.0 Å². The number of nitrogens with one attached hydrogen (secondary N) is 1. The third-order valence-corrected chi connectivity index (χ3v) is 3.20. The highest BCUT2D eigenvalue weighted by atomic mass is 16.5. The number of hydrogen-bond acceptors (Lipinski definition) is 4. The van der Waals surface area contributed by atoms with Crippen molar-refractivity contribution in [1.29, 1.82) is 0 Å². The highest BCUT2D eigenvalue weighted by Crippen LogP contribution is 2.24. The summed E-state index contributed by atoms with van der Waals surface area (Å²) in [5.41, 5.74) is 1.23. The average Bonchev–Trinajstić information content (AvgIpc) is 2.38. The van der Waals surface area contributed by atoms with Gasteiger partial charge in [0.25, 0.3) is 0 Å². The molecule has 4 heteroatoms. The molecule has 0 aliphatic carbocycles. The van der Waals surface area contributed by atoms with Crippen molar-refractivity contribution < 1.29 is 4.74 Å². The van der Waals surface area contributed by atoms with Gasteiger partial charge < -0.3 is 15.0 Å². The molecule has 0 fully saturated rings. The molecular formula is C14H25N3O. The molecule has 1 N–H and O–H groups in total. The van der Waals surface area contributed by atoms with E-state index in [0.717, 1.165) is 12.4 Å². The second-order valence-corrected chi connectivity index (χ2v) is 4.61. The molecule has 0 aliphatic rings. The van der Waals surface area contributed by atoms with E-state index >= 15 is 0 Å². The third-order valence-electron chi connectivity index (χ3n) is 3.20. The lowest BCUT2D eigenvalue weighted by atomic mass is 10.1. The van der Waals surface area contributed by atoms with E-state index in [1.165, 1.54) is 5.56 Å². The number of nitrogens with zero attached hydrogens (tertiary/aromatic N) is 2.